The Balaban J connectivity index is 1.33. The largest absolute Gasteiger partial charge is 0.446 e. The van der Waals surface area contributed by atoms with Crippen LogP contribution in [0.2, 0.25) is 0 Å². The van der Waals surface area contributed by atoms with Crippen LogP contribution in [0.1, 0.15) is 38.7 Å². The van der Waals surface area contributed by atoms with Crippen molar-refractivity contribution in [1.82, 2.24) is 9.62 Å². The van der Waals surface area contributed by atoms with Gasteiger partial charge >= 0.3 is 6.09 Å². The highest BCUT2D eigenvalue weighted by Gasteiger charge is 2.50. The van der Waals surface area contributed by atoms with E-state index >= 15 is 0 Å². The summed E-state index contributed by atoms with van der Waals surface area (Å²) >= 11 is 0. The van der Waals surface area contributed by atoms with E-state index in [0.29, 0.717) is 37.7 Å². The molecule has 0 radical (unpaired) electrons. The maximum absolute atomic E-state index is 14.1. The van der Waals surface area contributed by atoms with E-state index in [1.54, 1.807) is 0 Å². The topological polar surface area (TPSA) is 140 Å². The minimum absolute atomic E-state index is 0.00230. The Morgan fingerprint density at radius 3 is 2.45 bits per heavy atom. The van der Waals surface area contributed by atoms with Crippen molar-refractivity contribution in [2.24, 2.45) is 23.7 Å². The molecule has 0 aromatic heterocycles. The number of rotatable bonds is 11. The first kappa shape index (κ1) is 32.6. The van der Waals surface area contributed by atoms with Gasteiger partial charge in [-0.1, -0.05) is 13.8 Å². The molecule has 5 rings (SSSR count). The summed E-state index contributed by atoms with van der Waals surface area (Å²) < 4.78 is 73.8. The molecule has 2 saturated heterocycles. The van der Waals surface area contributed by atoms with E-state index in [4.69, 9.17) is 19.9 Å². The fourth-order valence-corrected chi connectivity index (χ4v) is 8.35. The molecule has 1 saturated carbocycles. The molecule has 44 heavy (non-hydrogen) atoms. The number of carbonyl (C=O) groups is 1. The molecule has 3 aliphatic rings. The minimum Gasteiger partial charge on any atom is -0.446 e. The molecule has 3 fully saturated rings. The fraction of sp³-hybridized carbons (Fsp3) is 0.581. The molecule has 2 unspecified atom stereocenters. The Hall–Kier alpha value is -2.84. The lowest BCUT2D eigenvalue weighted by Crippen LogP contribution is -2.52. The lowest BCUT2D eigenvalue weighted by atomic mass is 9.70. The Bertz CT molecular complexity index is 1390. The number of alkyl carbamates (subject to hydrolysis) is 1. The minimum atomic E-state index is -4.06. The van der Waals surface area contributed by atoms with Crippen molar-refractivity contribution in [3.63, 3.8) is 0 Å². The number of sulfonamides is 1. The third-order valence-electron chi connectivity index (χ3n) is 8.68. The van der Waals surface area contributed by atoms with Crippen LogP contribution < -0.4 is 11.1 Å². The van der Waals surface area contributed by atoms with Crippen LogP contribution in [-0.2, 0) is 30.7 Å². The molecule has 2 heterocycles. The summed E-state index contributed by atoms with van der Waals surface area (Å²) in [5.41, 5.74) is 6.32. The average molecular weight is 638 g/mol. The van der Waals surface area contributed by atoms with Crippen molar-refractivity contribution in [2.75, 3.05) is 32.0 Å². The number of carbonyl (C=O) groups excluding carboxylic acids is 1. The number of nitrogens with zero attached hydrogens (tertiary/aromatic N) is 1. The van der Waals surface area contributed by atoms with Gasteiger partial charge in [-0.05, 0) is 85.4 Å². The number of aliphatic hydroxyl groups is 1. The van der Waals surface area contributed by atoms with E-state index in [0.717, 1.165) is 28.9 Å². The van der Waals surface area contributed by atoms with Gasteiger partial charge in [0.1, 0.15) is 17.7 Å². The first-order valence-electron chi connectivity index (χ1n) is 15.1. The smallest absolute Gasteiger partial charge is 0.407 e. The van der Waals surface area contributed by atoms with Gasteiger partial charge in [-0.3, -0.25) is 0 Å². The van der Waals surface area contributed by atoms with Crippen molar-refractivity contribution in [3.05, 3.63) is 59.7 Å². The highest BCUT2D eigenvalue weighted by molar-refractivity contribution is 7.89. The van der Waals surface area contributed by atoms with Crippen molar-refractivity contribution in [1.29, 1.82) is 0 Å². The number of ether oxygens (including phenoxy) is 3. The van der Waals surface area contributed by atoms with E-state index in [-0.39, 0.29) is 60.1 Å². The SMILES string of the molecule is CC(C)CN(C[C@@H](O)[C@H](Cc1cc(F)cc(F)c1)NC(=O)O[C@@H]1CC2CCO[C@@H]3OCC(C1)[C@H]23)S(=O)(=O)c1ccc(N)cc1. The number of nitrogens with one attached hydrogen (secondary N) is 1. The summed E-state index contributed by atoms with van der Waals surface area (Å²) in [5.74, 6) is -0.941. The zero-order valence-corrected chi connectivity index (χ0v) is 25.7. The maximum Gasteiger partial charge on any atom is 0.407 e. The molecule has 2 aromatic carbocycles. The quantitative estimate of drug-likeness (QED) is 0.317. The molecule has 13 heteroatoms. The number of amides is 1. The van der Waals surface area contributed by atoms with Crippen LogP contribution in [0.4, 0.5) is 19.3 Å². The van der Waals surface area contributed by atoms with Crippen molar-refractivity contribution < 1.29 is 41.3 Å². The number of nitrogen functional groups attached to an aromatic ring is 1. The standard InChI is InChI=1S/C31H41F2N3O7S/c1-18(2)15-36(44(39,40)26-5-3-24(34)4-6-26)16-28(37)27(11-19-9-22(32)14-23(33)10-19)35-31(38)43-25-12-20-7-8-41-30-29(20)21(13-25)17-42-30/h3-6,9-10,14,18,20-21,25,27-30,37H,7-8,11-13,15-17,34H2,1-2H3,(H,35,38)/t20?,21?,25-,27+,28-,29+,30-/m1/s1. The van der Waals surface area contributed by atoms with Crippen LogP contribution >= 0.6 is 0 Å². The molecule has 2 aliphatic heterocycles. The summed E-state index contributed by atoms with van der Waals surface area (Å²) in [4.78, 5) is 13.2. The zero-order chi connectivity index (χ0) is 31.6. The van der Waals surface area contributed by atoms with E-state index in [9.17, 15) is 27.1 Å². The molecule has 7 atom stereocenters. The number of benzene rings is 2. The fourth-order valence-electron chi connectivity index (χ4n) is 6.73. The van der Waals surface area contributed by atoms with Crippen LogP contribution in [0.25, 0.3) is 0 Å². The monoisotopic (exact) mass is 637 g/mol. The lowest BCUT2D eigenvalue weighted by molar-refractivity contribution is -0.175. The third-order valence-corrected chi connectivity index (χ3v) is 10.5. The predicted octanol–water partition coefficient (Wildman–Crippen LogP) is 3.68. The normalized spacial score (nSPS) is 26.3. The van der Waals surface area contributed by atoms with Gasteiger partial charge in [-0.25, -0.2) is 22.0 Å². The van der Waals surface area contributed by atoms with E-state index < -0.39 is 39.9 Å². The number of hydrogen-bond acceptors (Lipinski definition) is 8. The van der Waals surface area contributed by atoms with Crippen molar-refractivity contribution in [3.8, 4) is 0 Å². The van der Waals surface area contributed by atoms with Crippen LogP contribution in [0.3, 0.4) is 0 Å². The zero-order valence-electron chi connectivity index (χ0n) is 24.9. The number of nitrogens with two attached hydrogens (primary N) is 1. The van der Waals surface area contributed by atoms with Gasteiger partial charge in [0.25, 0.3) is 0 Å². The summed E-state index contributed by atoms with van der Waals surface area (Å²) in [6, 6.07) is 7.53. The van der Waals surface area contributed by atoms with Crippen molar-refractivity contribution >= 4 is 21.8 Å². The highest BCUT2D eigenvalue weighted by Crippen LogP contribution is 2.47. The summed E-state index contributed by atoms with van der Waals surface area (Å²) in [5, 5.41) is 14.1. The second kappa shape index (κ2) is 13.7. The van der Waals surface area contributed by atoms with Crippen LogP contribution in [-0.4, -0.2) is 74.8 Å². The maximum atomic E-state index is 14.1. The Morgan fingerprint density at radius 2 is 1.77 bits per heavy atom. The molecule has 0 bridgehead atoms. The van der Waals surface area contributed by atoms with Crippen LogP contribution in [0.5, 0.6) is 0 Å². The summed E-state index contributed by atoms with van der Waals surface area (Å²) in [6.45, 7) is 4.49. The Labute approximate surface area is 256 Å². The summed E-state index contributed by atoms with van der Waals surface area (Å²) in [7, 11) is -4.06. The molecule has 10 nitrogen and oxygen atoms in total. The van der Waals surface area contributed by atoms with E-state index in [1.165, 1.54) is 24.3 Å². The van der Waals surface area contributed by atoms with Gasteiger partial charge in [-0.2, -0.15) is 4.31 Å². The highest BCUT2D eigenvalue weighted by atomic mass is 32.2. The second-order valence-electron chi connectivity index (χ2n) is 12.5. The Morgan fingerprint density at radius 1 is 1.09 bits per heavy atom. The lowest BCUT2D eigenvalue weighted by Gasteiger charge is -2.41. The number of anilines is 1. The van der Waals surface area contributed by atoms with Crippen LogP contribution in [0.15, 0.2) is 47.4 Å². The number of hydrogen-bond donors (Lipinski definition) is 3. The van der Waals surface area contributed by atoms with Crippen molar-refractivity contribution in [2.45, 2.75) is 69.0 Å². The van der Waals surface area contributed by atoms with Gasteiger partial charge < -0.3 is 30.4 Å². The molecule has 4 N–H and O–H groups in total. The van der Waals surface area contributed by atoms with Gasteiger partial charge in [0.05, 0.1) is 30.3 Å². The van der Waals surface area contributed by atoms with E-state index in [2.05, 4.69) is 5.32 Å². The third kappa shape index (κ3) is 7.68. The second-order valence-corrected chi connectivity index (χ2v) is 14.5. The van der Waals surface area contributed by atoms with Gasteiger partial charge in [0.2, 0.25) is 10.0 Å². The van der Waals surface area contributed by atoms with Gasteiger partial charge in [0, 0.05) is 30.8 Å². The van der Waals surface area contributed by atoms with Gasteiger partial charge in [-0.15, -0.1) is 0 Å². The van der Waals surface area contributed by atoms with E-state index in [1.807, 2.05) is 13.8 Å². The summed E-state index contributed by atoms with van der Waals surface area (Å²) in [6.07, 6.45) is -0.898. The number of halogens is 2. The van der Waals surface area contributed by atoms with Gasteiger partial charge in [0.15, 0.2) is 6.29 Å². The Kier molecular flexibility index (Phi) is 10.1. The number of aliphatic hydroxyl groups excluding tert-OH is 1. The average Bonchev–Trinajstić information content (AvgIpc) is 3.36. The molecular weight excluding hydrogens is 596 g/mol. The molecule has 0 spiro atoms. The first-order chi connectivity index (χ1) is 20.9. The molecule has 242 valence electrons. The molecular formula is C31H41F2N3O7S. The molecule has 1 amide bonds. The first-order valence-corrected chi connectivity index (χ1v) is 16.5. The molecule has 1 aliphatic carbocycles. The van der Waals surface area contributed by atoms with Crippen LogP contribution in [0, 0.1) is 35.3 Å². The molecule has 2 aromatic rings. The predicted molar refractivity (Wildman–Crippen MR) is 158 cm³/mol.